The molecule has 0 aliphatic heterocycles. The molecule has 7 heteroatoms. The number of aromatic nitrogens is 1. The van der Waals surface area contributed by atoms with Crippen molar-refractivity contribution in [2.24, 2.45) is 4.99 Å². The Kier molecular flexibility index (Phi) is 7.26. The van der Waals surface area contributed by atoms with Gasteiger partial charge in [0, 0.05) is 30.7 Å². The number of pyridine rings is 1. The molecule has 6 nitrogen and oxygen atoms in total. The quantitative estimate of drug-likeness (QED) is 0.441. The molecule has 0 radical (unpaired) electrons. The van der Waals surface area contributed by atoms with Crippen LogP contribution in [0.2, 0.25) is 0 Å². The number of thiophene rings is 1. The molecule has 0 saturated heterocycles. The third-order valence-corrected chi connectivity index (χ3v) is 4.73. The number of aliphatic imine (C=N–C) groups is 1. The van der Waals surface area contributed by atoms with Crippen molar-refractivity contribution >= 4 is 17.3 Å². The molecule has 3 aromatic rings. The Bertz CT molecular complexity index is 880. The Morgan fingerprint density at radius 2 is 1.86 bits per heavy atom. The van der Waals surface area contributed by atoms with Crippen molar-refractivity contribution in [3.63, 3.8) is 0 Å². The molecule has 0 atom stereocenters. The number of guanidine groups is 1. The van der Waals surface area contributed by atoms with Crippen molar-refractivity contribution in [2.45, 2.75) is 20.0 Å². The van der Waals surface area contributed by atoms with E-state index in [0.29, 0.717) is 30.5 Å². The molecular weight excluding hydrogens is 372 g/mol. The Balaban J connectivity index is 1.52. The van der Waals surface area contributed by atoms with Crippen LogP contribution in [0.5, 0.6) is 17.4 Å². The topological polar surface area (TPSA) is 67.8 Å². The molecule has 2 N–H and O–H groups in total. The molecule has 0 aliphatic carbocycles. The number of para-hydroxylation sites is 2. The lowest BCUT2D eigenvalue weighted by Gasteiger charge is -2.12. The normalized spacial score (nSPS) is 11.1. The average Bonchev–Trinajstić information content (AvgIpc) is 3.25. The second-order valence-electron chi connectivity index (χ2n) is 5.85. The highest BCUT2D eigenvalue weighted by Crippen LogP contribution is 2.30. The first-order valence-corrected chi connectivity index (χ1v) is 9.98. The first-order chi connectivity index (χ1) is 13.8. The molecule has 0 saturated carbocycles. The summed E-state index contributed by atoms with van der Waals surface area (Å²) in [5, 5.41) is 8.65. The number of benzene rings is 1. The van der Waals surface area contributed by atoms with Crippen molar-refractivity contribution in [1.82, 2.24) is 15.6 Å². The van der Waals surface area contributed by atoms with Crippen LogP contribution < -0.4 is 20.1 Å². The lowest BCUT2D eigenvalue weighted by molar-refractivity contribution is 0.319. The zero-order chi connectivity index (χ0) is 19.6. The van der Waals surface area contributed by atoms with Gasteiger partial charge in [0.05, 0.1) is 13.2 Å². The van der Waals surface area contributed by atoms with Crippen LogP contribution in [0, 0.1) is 0 Å². The van der Waals surface area contributed by atoms with Crippen LogP contribution in [0.15, 0.2) is 65.1 Å². The maximum absolute atomic E-state index is 5.85. The minimum atomic E-state index is 0.524. The molecule has 0 spiro atoms. The maximum Gasteiger partial charge on any atom is 0.219 e. The highest BCUT2D eigenvalue weighted by atomic mass is 32.1. The van der Waals surface area contributed by atoms with E-state index in [2.05, 4.69) is 32.1 Å². The summed E-state index contributed by atoms with van der Waals surface area (Å²) in [5.74, 6) is 2.63. The first-order valence-electron chi connectivity index (χ1n) is 9.10. The third kappa shape index (κ3) is 5.72. The van der Waals surface area contributed by atoms with E-state index in [-0.39, 0.29) is 0 Å². The summed E-state index contributed by atoms with van der Waals surface area (Å²) < 4.78 is 11.4. The Morgan fingerprint density at radius 3 is 2.54 bits per heavy atom. The van der Waals surface area contributed by atoms with Crippen LogP contribution in [-0.4, -0.2) is 24.6 Å². The molecule has 2 aromatic heterocycles. The molecule has 1 aromatic carbocycles. The predicted molar refractivity (Wildman–Crippen MR) is 113 cm³/mol. The van der Waals surface area contributed by atoms with Crippen LogP contribution in [0.4, 0.5) is 0 Å². The van der Waals surface area contributed by atoms with E-state index in [9.17, 15) is 0 Å². The molecule has 2 heterocycles. The number of hydrogen-bond acceptors (Lipinski definition) is 5. The fraction of sp³-hybridized carbons (Fsp3) is 0.238. The van der Waals surface area contributed by atoms with Crippen LogP contribution >= 0.6 is 11.3 Å². The summed E-state index contributed by atoms with van der Waals surface area (Å²) in [7, 11) is 1.76. The van der Waals surface area contributed by atoms with Gasteiger partial charge in [0.1, 0.15) is 0 Å². The third-order valence-electron chi connectivity index (χ3n) is 3.85. The molecule has 0 unspecified atom stereocenters. The van der Waals surface area contributed by atoms with Gasteiger partial charge in [0.15, 0.2) is 17.5 Å². The number of rotatable bonds is 8. The fourth-order valence-corrected chi connectivity index (χ4v) is 3.13. The smallest absolute Gasteiger partial charge is 0.219 e. The second kappa shape index (κ2) is 10.3. The summed E-state index contributed by atoms with van der Waals surface area (Å²) in [4.78, 5) is 9.89. The van der Waals surface area contributed by atoms with Crippen molar-refractivity contribution < 1.29 is 9.47 Å². The molecule has 0 amide bonds. The average molecular weight is 397 g/mol. The van der Waals surface area contributed by atoms with E-state index < -0.39 is 0 Å². The lowest BCUT2D eigenvalue weighted by atomic mass is 10.3. The van der Waals surface area contributed by atoms with Gasteiger partial charge in [-0.25, -0.2) is 4.98 Å². The minimum absolute atomic E-state index is 0.524. The highest BCUT2D eigenvalue weighted by molar-refractivity contribution is 7.09. The van der Waals surface area contributed by atoms with Gasteiger partial charge in [-0.05, 0) is 36.1 Å². The summed E-state index contributed by atoms with van der Waals surface area (Å²) in [6.07, 6.45) is 1.79. The predicted octanol–water partition coefficient (Wildman–Crippen LogP) is 4.20. The highest BCUT2D eigenvalue weighted by Gasteiger charge is 2.06. The molecule has 146 valence electrons. The van der Waals surface area contributed by atoms with E-state index in [1.807, 2.05) is 49.4 Å². The first kappa shape index (κ1) is 19.7. The van der Waals surface area contributed by atoms with Gasteiger partial charge in [-0.15, -0.1) is 11.3 Å². The number of nitrogens with one attached hydrogen (secondary N) is 2. The molecule has 0 bridgehead atoms. The van der Waals surface area contributed by atoms with Crippen molar-refractivity contribution in [3.8, 4) is 17.4 Å². The Hall–Kier alpha value is -3.06. The van der Waals surface area contributed by atoms with E-state index in [4.69, 9.17) is 9.47 Å². The number of ether oxygens (including phenoxy) is 2. The van der Waals surface area contributed by atoms with E-state index in [1.54, 1.807) is 24.6 Å². The molecular formula is C21H24N4O2S. The van der Waals surface area contributed by atoms with Crippen LogP contribution in [0.25, 0.3) is 0 Å². The van der Waals surface area contributed by atoms with Gasteiger partial charge in [-0.1, -0.05) is 24.3 Å². The van der Waals surface area contributed by atoms with Crippen molar-refractivity contribution in [1.29, 1.82) is 0 Å². The summed E-state index contributed by atoms with van der Waals surface area (Å²) in [6, 6.07) is 15.5. The van der Waals surface area contributed by atoms with Gasteiger partial charge < -0.3 is 20.1 Å². The maximum atomic E-state index is 5.85. The van der Waals surface area contributed by atoms with E-state index >= 15 is 0 Å². The SMILES string of the molecule is CCOc1ccccc1Oc1ccc(CNC(=NC)NCc2cccs2)cn1. The van der Waals surface area contributed by atoms with E-state index in [1.165, 1.54) is 4.88 Å². The number of nitrogens with zero attached hydrogens (tertiary/aromatic N) is 2. The molecule has 0 fully saturated rings. The lowest BCUT2D eigenvalue weighted by Crippen LogP contribution is -2.36. The standard InChI is InChI=1S/C21H24N4O2S/c1-3-26-18-8-4-5-9-19(18)27-20-11-10-16(13-23-20)14-24-21(22-2)25-15-17-7-6-12-28-17/h4-13H,3,14-15H2,1-2H3,(H2,22,24,25). The van der Waals surface area contributed by atoms with Crippen LogP contribution in [0.3, 0.4) is 0 Å². The summed E-state index contributed by atoms with van der Waals surface area (Å²) in [5.41, 5.74) is 1.03. The monoisotopic (exact) mass is 396 g/mol. The fourth-order valence-electron chi connectivity index (χ4n) is 2.49. The zero-order valence-corrected chi connectivity index (χ0v) is 16.8. The van der Waals surface area contributed by atoms with Crippen LogP contribution in [0.1, 0.15) is 17.4 Å². The van der Waals surface area contributed by atoms with Gasteiger partial charge in [-0.3, -0.25) is 4.99 Å². The minimum Gasteiger partial charge on any atom is -0.490 e. The van der Waals surface area contributed by atoms with Crippen LogP contribution in [-0.2, 0) is 13.1 Å². The van der Waals surface area contributed by atoms with E-state index in [0.717, 1.165) is 18.1 Å². The van der Waals surface area contributed by atoms with Gasteiger partial charge in [0.2, 0.25) is 5.88 Å². The zero-order valence-electron chi connectivity index (χ0n) is 16.0. The summed E-state index contributed by atoms with van der Waals surface area (Å²) >= 11 is 1.72. The van der Waals surface area contributed by atoms with Gasteiger partial charge >= 0.3 is 0 Å². The Morgan fingerprint density at radius 1 is 1.04 bits per heavy atom. The molecule has 3 rings (SSSR count). The molecule has 0 aliphatic rings. The second-order valence-corrected chi connectivity index (χ2v) is 6.88. The van der Waals surface area contributed by atoms with Crippen molar-refractivity contribution in [2.75, 3.05) is 13.7 Å². The summed E-state index contributed by atoms with van der Waals surface area (Å²) in [6.45, 7) is 3.90. The number of hydrogen-bond donors (Lipinski definition) is 2. The largest absolute Gasteiger partial charge is 0.490 e. The van der Waals surface area contributed by atoms with Crippen molar-refractivity contribution in [3.05, 3.63) is 70.5 Å². The van der Waals surface area contributed by atoms with Gasteiger partial charge in [-0.2, -0.15) is 0 Å². The van der Waals surface area contributed by atoms with Gasteiger partial charge in [0.25, 0.3) is 0 Å². The molecule has 28 heavy (non-hydrogen) atoms. The Labute approximate surface area is 169 Å².